The second-order valence-corrected chi connectivity index (χ2v) is 2.72. The quantitative estimate of drug-likeness (QED) is 0.535. The van der Waals surface area contributed by atoms with Gasteiger partial charge in [-0.05, 0) is 12.5 Å². The monoisotopic (exact) mass is 156 g/mol. The molecule has 0 aromatic heterocycles. The van der Waals surface area contributed by atoms with Crippen molar-refractivity contribution in [1.82, 2.24) is 10.6 Å². The lowest BCUT2D eigenvalue weighted by molar-refractivity contribution is 0.480. The second kappa shape index (κ2) is 3.53. The predicted octanol–water partition coefficient (Wildman–Crippen LogP) is 0.544. The normalized spacial score (nSPS) is 27.6. The number of hydrogen-bond acceptors (Lipinski definition) is 2. The Morgan fingerprint density at radius 3 is 3.09 bits per heavy atom. The molecule has 1 saturated heterocycles. The third-order valence-electron chi connectivity index (χ3n) is 2.00. The van der Waals surface area contributed by atoms with Gasteiger partial charge in [0.05, 0.1) is 6.04 Å². The van der Waals surface area contributed by atoms with Crippen molar-refractivity contribution in [2.45, 2.75) is 12.5 Å². The molecule has 1 aliphatic carbocycles. The highest BCUT2D eigenvalue weighted by Gasteiger charge is 2.16. The van der Waals surface area contributed by atoms with E-state index < -0.39 is 0 Å². The summed E-state index contributed by atoms with van der Waals surface area (Å²) in [6, 6.07) is 0.568. The highest BCUT2D eigenvalue weighted by Crippen LogP contribution is 2.11. The van der Waals surface area contributed by atoms with Crippen LogP contribution in [0.15, 0.2) is 23.9 Å². The Balaban J connectivity index is 0.000000605. The van der Waals surface area contributed by atoms with Gasteiger partial charge in [-0.2, -0.15) is 0 Å². The van der Waals surface area contributed by atoms with Crippen molar-refractivity contribution < 1.29 is 4.70 Å². The Morgan fingerprint density at radius 2 is 2.27 bits per heavy atom. The number of fused-ring (bicyclic) bond motifs is 1. The maximum Gasteiger partial charge on any atom is 0.0505 e. The van der Waals surface area contributed by atoms with Crippen molar-refractivity contribution in [2.75, 3.05) is 13.1 Å². The topological polar surface area (TPSA) is 24.1 Å². The van der Waals surface area contributed by atoms with Crippen LogP contribution in [0.5, 0.6) is 0 Å². The summed E-state index contributed by atoms with van der Waals surface area (Å²) in [6.45, 7) is 2.16. The fraction of sp³-hybridized carbons (Fsp3) is 0.500. The number of hydrogen-bond donors (Lipinski definition) is 2. The molecule has 0 amide bonds. The number of halogens is 1. The molecule has 0 aromatic rings. The van der Waals surface area contributed by atoms with Crippen molar-refractivity contribution in [2.24, 2.45) is 0 Å². The summed E-state index contributed by atoms with van der Waals surface area (Å²) in [7, 11) is 0. The summed E-state index contributed by atoms with van der Waals surface area (Å²) in [5.41, 5.74) is 1.36. The molecular weight excluding hydrogens is 143 g/mol. The molecule has 1 aliphatic heterocycles. The molecule has 3 heteroatoms. The molecular formula is C8H13FN2. The zero-order chi connectivity index (χ0) is 6.81. The molecule has 2 N–H and O–H groups in total. The van der Waals surface area contributed by atoms with Crippen molar-refractivity contribution in [3.8, 4) is 0 Å². The van der Waals surface area contributed by atoms with E-state index in [0.29, 0.717) is 6.04 Å². The number of allylic oxidation sites excluding steroid dienone is 2. The first-order valence-corrected chi connectivity index (χ1v) is 3.81. The SMILES string of the molecule is C1=CCC2NCCNC2=C1.F. The molecule has 1 unspecified atom stereocenters. The third kappa shape index (κ3) is 1.60. The lowest BCUT2D eigenvalue weighted by Gasteiger charge is -2.28. The van der Waals surface area contributed by atoms with E-state index in [9.17, 15) is 0 Å². The van der Waals surface area contributed by atoms with Gasteiger partial charge in [0.1, 0.15) is 0 Å². The molecule has 0 spiro atoms. The van der Waals surface area contributed by atoms with Gasteiger partial charge in [-0.1, -0.05) is 12.2 Å². The van der Waals surface area contributed by atoms with Crippen LogP contribution in [-0.2, 0) is 0 Å². The molecule has 1 heterocycles. The molecule has 0 saturated carbocycles. The minimum atomic E-state index is 0. The van der Waals surface area contributed by atoms with Crippen LogP contribution in [-0.4, -0.2) is 19.1 Å². The summed E-state index contributed by atoms with van der Waals surface area (Å²) in [4.78, 5) is 0. The number of rotatable bonds is 0. The van der Waals surface area contributed by atoms with E-state index >= 15 is 0 Å². The van der Waals surface area contributed by atoms with Gasteiger partial charge in [-0.15, -0.1) is 0 Å². The fourth-order valence-electron chi connectivity index (χ4n) is 1.46. The van der Waals surface area contributed by atoms with E-state index in [0.717, 1.165) is 19.5 Å². The van der Waals surface area contributed by atoms with Gasteiger partial charge in [0.2, 0.25) is 0 Å². The highest BCUT2D eigenvalue weighted by atomic mass is 19.0. The zero-order valence-electron chi connectivity index (χ0n) is 6.34. The van der Waals surface area contributed by atoms with Crippen LogP contribution in [0.4, 0.5) is 4.70 Å². The molecule has 2 rings (SSSR count). The minimum absolute atomic E-state index is 0. The van der Waals surface area contributed by atoms with Gasteiger partial charge in [-0.25, -0.2) is 0 Å². The highest BCUT2D eigenvalue weighted by molar-refractivity contribution is 5.23. The van der Waals surface area contributed by atoms with Gasteiger partial charge >= 0.3 is 0 Å². The van der Waals surface area contributed by atoms with Crippen molar-refractivity contribution in [3.63, 3.8) is 0 Å². The van der Waals surface area contributed by atoms with E-state index in [4.69, 9.17) is 0 Å². The third-order valence-corrected chi connectivity index (χ3v) is 2.00. The molecule has 0 aromatic carbocycles. The van der Waals surface area contributed by atoms with Crippen molar-refractivity contribution in [3.05, 3.63) is 23.9 Å². The molecule has 1 atom stereocenters. The van der Waals surface area contributed by atoms with Crippen molar-refractivity contribution in [1.29, 1.82) is 0 Å². The van der Waals surface area contributed by atoms with E-state index in [1.807, 2.05) is 0 Å². The summed E-state index contributed by atoms with van der Waals surface area (Å²) in [5.74, 6) is 0. The summed E-state index contributed by atoms with van der Waals surface area (Å²) >= 11 is 0. The molecule has 0 bridgehead atoms. The predicted molar refractivity (Wildman–Crippen MR) is 44.1 cm³/mol. The number of piperazine rings is 1. The van der Waals surface area contributed by atoms with E-state index in [1.54, 1.807) is 0 Å². The van der Waals surface area contributed by atoms with Gasteiger partial charge in [0, 0.05) is 18.8 Å². The van der Waals surface area contributed by atoms with Crippen LogP contribution in [0.1, 0.15) is 6.42 Å². The van der Waals surface area contributed by atoms with Crippen molar-refractivity contribution >= 4 is 0 Å². The van der Waals surface area contributed by atoms with Gasteiger partial charge in [0.25, 0.3) is 0 Å². The molecule has 2 aliphatic rings. The van der Waals surface area contributed by atoms with Gasteiger partial charge in [0.15, 0.2) is 0 Å². The Bertz CT molecular complexity index is 187. The summed E-state index contributed by atoms with van der Waals surface area (Å²) < 4.78 is 0. The van der Waals surface area contributed by atoms with Crippen LogP contribution in [0.2, 0.25) is 0 Å². The first-order valence-electron chi connectivity index (χ1n) is 3.81. The molecule has 0 radical (unpaired) electrons. The van der Waals surface area contributed by atoms with Crippen LogP contribution >= 0.6 is 0 Å². The molecule has 11 heavy (non-hydrogen) atoms. The maximum absolute atomic E-state index is 3.44. The summed E-state index contributed by atoms with van der Waals surface area (Å²) in [5, 5.41) is 6.81. The van der Waals surface area contributed by atoms with E-state index in [1.165, 1.54) is 5.70 Å². The van der Waals surface area contributed by atoms with Gasteiger partial charge < -0.3 is 10.6 Å². The smallest absolute Gasteiger partial charge is 0.0505 e. The fourth-order valence-corrected chi connectivity index (χ4v) is 1.46. The average molecular weight is 156 g/mol. The van der Waals surface area contributed by atoms with Crippen LogP contribution in [0.3, 0.4) is 0 Å². The van der Waals surface area contributed by atoms with E-state index in [2.05, 4.69) is 28.9 Å². The Kier molecular flexibility index (Phi) is 2.65. The zero-order valence-corrected chi connectivity index (χ0v) is 6.34. The first-order chi connectivity index (χ1) is 4.97. The molecule has 2 nitrogen and oxygen atoms in total. The Hall–Kier alpha value is -0.830. The summed E-state index contributed by atoms with van der Waals surface area (Å²) in [6.07, 6.45) is 7.61. The van der Waals surface area contributed by atoms with Crippen LogP contribution in [0, 0.1) is 0 Å². The lowest BCUT2D eigenvalue weighted by atomic mass is 10.0. The minimum Gasteiger partial charge on any atom is -0.386 e. The molecule has 62 valence electrons. The first kappa shape index (κ1) is 8.27. The maximum atomic E-state index is 3.44. The molecule has 1 fully saturated rings. The second-order valence-electron chi connectivity index (χ2n) is 2.72. The Morgan fingerprint density at radius 1 is 1.36 bits per heavy atom. The Labute approximate surface area is 65.7 Å². The van der Waals surface area contributed by atoms with Crippen LogP contribution < -0.4 is 10.6 Å². The number of nitrogens with one attached hydrogen (secondary N) is 2. The average Bonchev–Trinajstić information content (AvgIpc) is 2.05. The van der Waals surface area contributed by atoms with Crippen LogP contribution in [0.25, 0.3) is 0 Å². The van der Waals surface area contributed by atoms with E-state index in [-0.39, 0.29) is 4.70 Å². The largest absolute Gasteiger partial charge is 0.386 e. The standard InChI is InChI=1S/C8H12N2.FH/c1-2-4-8-7(3-1)9-5-6-10-8;/h1-3,8-10H,4-6H2;1H. The van der Waals surface area contributed by atoms with Gasteiger partial charge in [-0.3, -0.25) is 4.70 Å². The lowest BCUT2D eigenvalue weighted by Crippen LogP contribution is -2.46.